The second-order valence-electron chi connectivity index (χ2n) is 4.44. The summed E-state index contributed by atoms with van der Waals surface area (Å²) >= 11 is 1.89. The van der Waals surface area contributed by atoms with E-state index in [1.54, 1.807) is 0 Å². The third kappa shape index (κ3) is 3.62. The molecular formula is C14H19N3S. The standard InChI is InChI=1S/C14H19N3S/c1-12(9-15)10-18-11-13-7-8-17(16-13)14-5-3-2-4-6-14/h2-8,12H,9-11,15H2,1H3. The number of rotatable bonds is 6. The lowest BCUT2D eigenvalue weighted by atomic mass is 10.2. The van der Waals surface area contributed by atoms with Gasteiger partial charge in [0, 0.05) is 11.9 Å². The summed E-state index contributed by atoms with van der Waals surface area (Å²) in [5, 5.41) is 4.57. The van der Waals surface area contributed by atoms with E-state index in [1.807, 2.05) is 40.8 Å². The second kappa shape index (κ2) is 6.61. The van der Waals surface area contributed by atoms with Crippen molar-refractivity contribution in [3.8, 4) is 5.69 Å². The number of benzene rings is 1. The van der Waals surface area contributed by atoms with Crippen LogP contribution in [0.3, 0.4) is 0 Å². The van der Waals surface area contributed by atoms with Gasteiger partial charge in [0.1, 0.15) is 0 Å². The molecule has 1 aromatic heterocycles. The van der Waals surface area contributed by atoms with E-state index in [4.69, 9.17) is 5.73 Å². The van der Waals surface area contributed by atoms with Crippen molar-refractivity contribution in [3.63, 3.8) is 0 Å². The van der Waals surface area contributed by atoms with E-state index in [9.17, 15) is 0 Å². The van der Waals surface area contributed by atoms with Gasteiger partial charge in [-0.05, 0) is 36.4 Å². The molecule has 1 heterocycles. The average Bonchev–Trinajstić information content (AvgIpc) is 2.88. The molecule has 0 fully saturated rings. The molecule has 1 atom stereocenters. The second-order valence-corrected chi connectivity index (χ2v) is 5.47. The van der Waals surface area contributed by atoms with Gasteiger partial charge in [-0.2, -0.15) is 16.9 Å². The van der Waals surface area contributed by atoms with E-state index >= 15 is 0 Å². The summed E-state index contributed by atoms with van der Waals surface area (Å²) in [6.07, 6.45) is 2.01. The highest BCUT2D eigenvalue weighted by Gasteiger charge is 2.03. The van der Waals surface area contributed by atoms with Crippen molar-refractivity contribution in [1.29, 1.82) is 0 Å². The SMILES string of the molecule is CC(CN)CSCc1ccn(-c2ccccc2)n1. The molecule has 0 aliphatic rings. The molecule has 1 unspecified atom stereocenters. The number of aromatic nitrogens is 2. The molecule has 4 heteroatoms. The Morgan fingerprint density at radius 3 is 2.78 bits per heavy atom. The van der Waals surface area contributed by atoms with Crippen LogP contribution in [0.1, 0.15) is 12.6 Å². The number of thioether (sulfide) groups is 1. The van der Waals surface area contributed by atoms with Crippen LogP contribution in [0.4, 0.5) is 0 Å². The molecule has 0 saturated heterocycles. The molecule has 0 aliphatic heterocycles. The highest BCUT2D eigenvalue weighted by Crippen LogP contribution is 2.15. The minimum atomic E-state index is 0.575. The van der Waals surface area contributed by atoms with Crippen LogP contribution in [0, 0.1) is 5.92 Å². The summed E-state index contributed by atoms with van der Waals surface area (Å²) in [4.78, 5) is 0. The predicted molar refractivity (Wildman–Crippen MR) is 77.9 cm³/mol. The fraction of sp³-hybridized carbons (Fsp3) is 0.357. The number of nitrogens with zero attached hydrogens (tertiary/aromatic N) is 2. The zero-order valence-electron chi connectivity index (χ0n) is 10.6. The predicted octanol–water partition coefficient (Wildman–Crippen LogP) is 2.70. The molecule has 0 bridgehead atoms. The van der Waals surface area contributed by atoms with Crippen molar-refractivity contribution in [1.82, 2.24) is 9.78 Å². The first-order valence-corrected chi connectivity index (χ1v) is 7.33. The van der Waals surface area contributed by atoms with Gasteiger partial charge in [-0.1, -0.05) is 25.1 Å². The highest BCUT2D eigenvalue weighted by molar-refractivity contribution is 7.98. The summed E-state index contributed by atoms with van der Waals surface area (Å²) < 4.78 is 1.92. The summed E-state index contributed by atoms with van der Waals surface area (Å²) in [5.74, 6) is 2.62. The first kappa shape index (κ1) is 13.2. The van der Waals surface area contributed by atoms with E-state index in [0.717, 1.165) is 29.4 Å². The quantitative estimate of drug-likeness (QED) is 0.869. The molecular weight excluding hydrogens is 242 g/mol. The topological polar surface area (TPSA) is 43.8 Å². The van der Waals surface area contributed by atoms with Crippen LogP contribution in [0.2, 0.25) is 0 Å². The zero-order chi connectivity index (χ0) is 12.8. The van der Waals surface area contributed by atoms with Crippen molar-refractivity contribution in [2.45, 2.75) is 12.7 Å². The Morgan fingerprint density at radius 1 is 1.28 bits per heavy atom. The van der Waals surface area contributed by atoms with Crippen LogP contribution in [0.15, 0.2) is 42.6 Å². The van der Waals surface area contributed by atoms with Crippen LogP contribution in [0.25, 0.3) is 5.69 Å². The molecule has 2 N–H and O–H groups in total. The van der Waals surface area contributed by atoms with Gasteiger partial charge in [0.15, 0.2) is 0 Å². The normalized spacial score (nSPS) is 12.6. The van der Waals surface area contributed by atoms with E-state index in [1.165, 1.54) is 0 Å². The summed E-state index contributed by atoms with van der Waals surface area (Å²) in [6, 6.07) is 12.2. The smallest absolute Gasteiger partial charge is 0.0727 e. The zero-order valence-corrected chi connectivity index (χ0v) is 11.4. The van der Waals surface area contributed by atoms with Gasteiger partial charge in [-0.15, -0.1) is 0 Å². The first-order chi connectivity index (χ1) is 8.79. The maximum atomic E-state index is 5.60. The van der Waals surface area contributed by atoms with Crippen LogP contribution in [-0.4, -0.2) is 22.1 Å². The molecule has 0 spiro atoms. The van der Waals surface area contributed by atoms with E-state index in [2.05, 4.69) is 30.2 Å². The van der Waals surface area contributed by atoms with Crippen molar-refractivity contribution < 1.29 is 0 Å². The number of hydrogen-bond donors (Lipinski definition) is 1. The van der Waals surface area contributed by atoms with Gasteiger partial charge in [-0.3, -0.25) is 0 Å². The highest BCUT2D eigenvalue weighted by atomic mass is 32.2. The lowest BCUT2D eigenvalue weighted by Crippen LogP contribution is -2.12. The van der Waals surface area contributed by atoms with Crippen LogP contribution in [0.5, 0.6) is 0 Å². The maximum absolute atomic E-state index is 5.60. The Balaban J connectivity index is 1.91. The molecule has 0 saturated carbocycles. The van der Waals surface area contributed by atoms with Gasteiger partial charge in [0.2, 0.25) is 0 Å². The Hall–Kier alpha value is -1.26. The third-order valence-corrected chi connectivity index (χ3v) is 4.02. The lowest BCUT2D eigenvalue weighted by Gasteiger charge is -2.06. The van der Waals surface area contributed by atoms with E-state index in [0.29, 0.717) is 5.92 Å². The van der Waals surface area contributed by atoms with Crippen LogP contribution < -0.4 is 5.73 Å². The van der Waals surface area contributed by atoms with Crippen molar-refractivity contribution in [2.75, 3.05) is 12.3 Å². The molecule has 96 valence electrons. The first-order valence-electron chi connectivity index (χ1n) is 6.17. The van der Waals surface area contributed by atoms with Gasteiger partial charge in [0.05, 0.1) is 11.4 Å². The number of hydrogen-bond acceptors (Lipinski definition) is 3. The monoisotopic (exact) mass is 261 g/mol. The molecule has 18 heavy (non-hydrogen) atoms. The molecule has 2 rings (SSSR count). The van der Waals surface area contributed by atoms with Crippen LogP contribution in [-0.2, 0) is 5.75 Å². The Bertz CT molecular complexity index is 467. The van der Waals surface area contributed by atoms with Gasteiger partial charge < -0.3 is 5.73 Å². The maximum Gasteiger partial charge on any atom is 0.0727 e. The lowest BCUT2D eigenvalue weighted by molar-refractivity contribution is 0.675. The summed E-state index contributed by atoms with van der Waals surface area (Å²) in [6.45, 7) is 2.93. The van der Waals surface area contributed by atoms with Crippen molar-refractivity contribution in [3.05, 3.63) is 48.3 Å². The van der Waals surface area contributed by atoms with Crippen molar-refractivity contribution >= 4 is 11.8 Å². The Morgan fingerprint density at radius 2 is 2.06 bits per heavy atom. The molecule has 2 aromatic rings. The minimum Gasteiger partial charge on any atom is -0.330 e. The van der Waals surface area contributed by atoms with E-state index < -0.39 is 0 Å². The number of para-hydroxylation sites is 1. The fourth-order valence-electron chi connectivity index (χ4n) is 1.60. The molecule has 0 radical (unpaired) electrons. The third-order valence-electron chi connectivity index (χ3n) is 2.72. The molecule has 3 nitrogen and oxygen atoms in total. The van der Waals surface area contributed by atoms with Gasteiger partial charge in [-0.25, -0.2) is 4.68 Å². The minimum absolute atomic E-state index is 0.575. The fourth-order valence-corrected chi connectivity index (χ4v) is 2.62. The summed E-state index contributed by atoms with van der Waals surface area (Å²) in [7, 11) is 0. The van der Waals surface area contributed by atoms with Gasteiger partial charge >= 0.3 is 0 Å². The number of nitrogens with two attached hydrogens (primary N) is 1. The molecule has 1 aromatic carbocycles. The molecule has 0 amide bonds. The van der Waals surface area contributed by atoms with Crippen molar-refractivity contribution in [2.24, 2.45) is 11.7 Å². The van der Waals surface area contributed by atoms with Crippen LogP contribution >= 0.6 is 11.8 Å². The molecule has 0 aliphatic carbocycles. The van der Waals surface area contributed by atoms with E-state index in [-0.39, 0.29) is 0 Å². The average molecular weight is 261 g/mol. The largest absolute Gasteiger partial charge is 0.330 e. The summed E-state index contributed by atoms with van der Waals surface area (Å²) in [5.41, 5.74) is 7.82. The van der Waals surface area contributed by atoms with Gasteiger partial charge in [0.25, 0.3) is 0 Å². The Kier molecular flexibility index (Phi) is 4.84. The Labute approximate surface area is 112 Å².